The minimum absolute atomic E-state index is 0.241. The molecule has 4 rings (SSSR count). The van der Waals surface area contributed by atoms with E-state index in [1.807, 2.05) is 78.9 Å². The van der Waals surface area contributed by atoms with Crippen molar-refractivity contribution in [3.05, 3.63) is 96.2 Å². The molecule has 0 aliphatic heterocycles. The maximum absolute atomic E-state index is 6.17. The lowest BCUT2D eigenvalue weighted by atomic mass is 10.1. The highest BCUT2D eigenvalue weighted by Gasteiger charge is 2.17. The van der Waals surface area contributed by atoms with Gasteiger partial charge in [-0.1, -0.05) is 78.0 Å². The first-order valence-electron chi connectivity index (χ1n) is 8.98. The Kier molecular flexibility index (Phi) is 5.24. The second-order valence-corrected chi connectivity index (χ2v) is 6.29. The third-order valence-corrected chi connectivity index (χ3v) is 4.33. The van der Waals surface area contributed by atoms with Crippen LogP contribution in [0.15, 0.2) is 89.6 Å². The van der Waals surface area contributed by atoms with E-state index in [0.29, 0.717) is 30.3 Å². The number of rotatable bonds is 7. The monoisotopic (exact) mass is 372 g/mol. The molecular formula is C23H20N2O3. The molecule has 0 amide bonds. The molecule has 0 saturated carbocycles. The topological polar surface area (TPSA) is 70.5 Å². The third-order valence-electron chi connectivity index (χ3n) is 4.33. The van der Waals surface area contributed by atoms with E-state index in [9.17, 15) is 0 Å². The van der Waals surface area contributed by atoms with Crippen molar-refractivity contribution in [3.8, 4) is 22.6 Å². The Bertz CT molecular complexity index is 1030. The van der Waals surface area contributed by atoms with Crippen molar-refractivity contribution in [2.75, 3.05) is 5.73 Å². The fraction of sp³-hybridized carbons (Fsp3) is 0.0870. The van der Waals surface area contributed by atoms with Gasteiger partial charge in [0, 0.05) is 5.56 Å². The molecular weight excluding hydrogens is 352 g/mol. The SMILES string of the molecule is Nc1oncc1-c1cccc(OCc2ccccc2)c1OCc1ccccc1. The standard InChI is InChI=1S/C23H20N2O3/c24-23-20(14-25-28-23)19-12-7-13-21(26-15-17-8-3-1-4-9-17)22(19)27-16-18-10-5-2-6-11-18/h1-14H,15-16,24H2. The molecule has 0 saturated heterocycles. The van der Waals surface area contributed by atoms with E-state index in [2.05, 4.69) is 5.16 Å². The fourth-order valence-corrected chi connectivity index (χ4v) is 2.91. The number of anilines is 1. The maximum atomic E-state index is 6.17. The predicted octanol–water partition coefficient (Wildman–Crippen LogP) is 5.08. The van der Waals surface area contributed by atoms with E-state index in [-0.39, 0.29) is 5.88 Å². The normalized spacial score (nSPS) is 10.6. The van der Waals surface area contributed by atoms with Crippen LogP contribution in [0.4, 0.5) is 5.88 Å². The van der Waals surface area contributed by atoms with Crippen molar-refractivity contribution in [2.24, 2.45) is 0 Å². The second kappa shape index (κ2) is 8.31. The van der Waals surface area contributed by atoms with E-state index in [1.165, 1.54) is 0 Å². The zero-order valence-corrected chi connectivity index (χ0v) is 15.2. The summed E-state index contributed by atoms with van der Waals surface area (Å²) in [7, 11) is 0. The summed E-state index contributed by atoms with van der Waals surface area (Å²) in [6, 6.07) is 25.7. The Labute approximate surface area is 163 Å². The molecule has 0 radical (unpaired) electrons. The zero-order chi connectivity index (χ0) is 19.2. The number of aromatic nitrogens is 1. The molecule has 140 valence electrons. The van der Waals surface area contributed by atoms with E-state index in [0.717, 1.165) is 16.7 Å². The first kappa shape index (κ1) is 17.7. The molecule has 4 aromatic rings. The van der Waals surface area contributed by atoms with Gasteiger partial charge in [0.05, 0.1) is 11.8 Å². The minimum Gasteiger partial charge on any atom is -0.485 e. The van der Waals surface area contributed by atoms with Crippen LogP contribution in [-0.4, -0.2) is 5.16 Å². The van der Waals surface area contributed by atoms with Crippen molar-refractivity contribution in [1.29, 1.82) is 0 Å². The Hall–Kier alpha value is -3.73. The molecule has 0 aliphatic carbocycles. The van der Waals surface area contributed by atoms with Crippen LogP contribution < -0.4 is 15.2 Å². The molecule has 2 N–H and O–H groups in total. The molecule has 0 atom stereocenters. The highest BCUT2D eigenvalue weighted by molar-refractivity contribution is 5.79. The first-order valence-corrected chi connectivity index (χ1v) is 8.98. The summed E-state index contributed by atoms with van der Waals surface area (Å²) < 4.78 is 17.3. The molecule has 1 heterocycles. The lowest BCUT2D eigenvalue weighted by Crippen LogP contribution is -2.02. The number of ether oxygens (including phenoxy) is 2. The summed E-state index contributed by atoms with van der Waals surface area (Å²) in [5.74, 6) is 1.49. The van der Waals surface area contributed by atoms with Crippen molar-refractivity contribution in [1.82, 2.24) is 5.16 Å². The summed E-state index contributed by atoms with van der Waals surface area (Å²) in [6.45, 7) is 0.843. The average Bonchev–Trinajstić information content (AvgIpc) is 3.18. The molecule has 5 nitrogen and oxygen atoms in total. The average molecular weight is 372 g/mol. The number of hydrogen-bond donors (Lipinski definition) is 1. The quantitative estimate of drug-likeness (QED) is 0.490. The maximum Gasteiger partial charge on any atom is 0.230 e. The second-order valence-electron chi connectivity index (χ2n) is 6.29. The van der Waals surface area contributed by atoms with Gasteiger partial charge in [0.25, 0.3) is 0 Å². The summed E-state index contributed by atoms with van der Waals surface area (Å²) >= 11 is 0. The van der Waals surface area contributed by atoms with Crippen LogP contribution in [0.25, 0.3) is 11.1 Å². The van der Waals surface area contributed by atoms with E-state index in [1.54, 1.807) is 6.20 Å². The molecule has 1 aromatic heterocycles. The Balaban J connectivity index is 1.65. The van der Waals surface area contributed by atoms with Gasteiger partial charge in [-0.05, 0) is 17.2 Å². The van der Waals surface area contributed by atoms with Crippen LogP contribution in [0.1, 0.15) is 11.1 Å². The van der Waals surface area contributed by atoms with Crippen LogP contribution in [-0.2, 0) is 13.2 Å². The fourth-order valence-electron chi connectivity index (χ4n) is 2.91. The number of benzene rings is 3. The summed E-state index contributed by atoms with van der Waals surface area (Å²) in [5, 5.41) is 3.78. The van der Waals surface area contributed by atoms with Gasteiger partial charge in [-0.25, -0.2) is 0 Å². The van der Waals surface area contributed by atoms with Crippen LogP contribution in [0, 0.1) is 0 Å². The highest BCUT2D eigenvalue weighted by Crippen LogP contribution is 2.41. The molecule has 0 bridgehead atoms. The number of para-hydroxylation sites is 1. The van der Waals surface area contributed by atoms with Crippen LogP contribution in [0.5, 0.6) is 11.5 Å². The van der Waals surface area contributed by atoms with Crippen LogP contribution in [0.3, 0.4) is 0 Å². The van der Waals surface area contributed by atoms with Crippen molar-refractivity contribution in [2.45, 2.75) is 13.2 Å². The van der Waals surface area contributed by atoms with Gasteiger partial charge in [-0.3, -0.25) is 0 Å². The van der Waals surface area contributed by atoms with Gasteiger partial charge in [-0.15, -0.1) is 0 Å². The van der Waals surface area contributed by atoms with Gasteiger partial charge in [0.1, 0.15) is 13.2 Å². The highest BCUT2D eigenvalue weighted by atomic mass is 16.5. The van der Waals surface area contributed by atoms with Gasteiger partial charge in [-0.2, -0.15) is 0 Å². The zero-order valence-electron chi connectivity index (χ0n) is 15.2. The smallest absolute Gasteiger partial charge is 0.230 e. The molecule has 5 heteroatoms. The van der Waals surface area contributed by atoms with Gasteiger partial charge < -0.3 is 19.7 Å². The molecule has 28 heavy (non-hydrogen) atoms. The number of hydrogen-bond acceptors (Lipinski definition) is 5. The van der Waals surface area contributed by atoms with Crippen LogP contribution >= 0.6 is 0 Å². The molecule has 0 spiro atoms. The van der Waals surface area contributed by atoms with Gasteiger partial charge >= 0.3 is 0 Å². The first-order chi connectivity index (χ1) is 13.8. The summed E-state index contributed by atoms with van der Waals surface area (Å²) in [4.78, 5) is 0. The van der Waals surface area contributed by atoms with Crippen LogP contribution in [0.2, 0.25) is 0 Å². The van der Waals surface area contributed by atoms with E-state index >= 15 is 0 Å². The Morgan fingerprint density at radius 1 is 0.714 bits per heavy atom. The lowest BCUT2D eigenvalue weighted by molar-refractivity contribution is 0.257. The van der Waals surface area contributed by atoms with Gasteiger partial charge in [0.2, 0.25) is 5.88 Å². The number of nitrogens with two attached hydrogens (primary N) is 1. The van der Waals surface area contributed by atoms with Crippen molar-refractivity contribution >= 4 is 5.88 Å². The van der Waals surface area contributed by atoms with E-state index in [4.69, 9.17) is 19.7 Å². The molecule has 0 aliphatic rings. The third kappa shape index (κ3) is 3.99. The Morgan fingerprint density at radius 2 is 1.36 bits per heavy atom. The predicted molar refractivity (Wildman–Crippen MR) is 108 cm³/mol. The van der Waals surface area contributed by atoms with Crippen molar-refractivity contribution in [3.63, 3.8) is 0 Å². The minimum atomic E-state index is 0.241. The molecule has 0 unspecified atom stereocenters. The van der Waals surface area contributed by atoms with Crippen molar-refractivity contribution < 1.29 is 14.0 Å². The number of nitrogen functional groups attached to an aromatic ring is 1. The van der Waals surface area contributed by atoms with Gasteiger partial charge in [0.15, 0.2) is 11.5 Å². The molecule has 3 aromatic carbocycles. The largest absolute Gasteiger partial charge is 0.485 e. The number of nitrogens with zero attached hydrogens (tertiary/aromatic N) is 1. The lowest BCUT2D eigenvalue weighted by Gasteiger charge is -2.16. The van der Waals surface area contributed by atoms with E-state index < -0.39 is 0 Å². The summed E-state index contributed by atoms with van der Waals surface area (Å²) in [5.41, 5.74) is 9.53. The molecule has 0 fully saturated rings. The summed E-state index contributed by atoms with van der Waals surface area (Å²) in [6.07, 6.45) is 1.58. The Morgan fingerprint density at radius 3 is 1.96 bits per heavy atom.